The lowest BCUT2D eigenvalue weighted by atomic mass is 10.0. The molecule has 0 saturated heterocycles. The molecular weight excluding hydrogens is 401 g/mol. The van der Waals surface area contributed by atoms with Crippen LogP contribution in [0.15, 0.2) is 54.6 Å². The van der Waals surface area contributed by atoms with Crippen molar-refractivity contribution < 1.29 is 28.9 Å². The number of halogens is 1. The molecule has 1 aliphatic heterocycles. The number of para-hydroxylation sites is 1. The first-order chi connectivity index (χ1) is 14.8. The fourth-order valence-corrected chi connectivity index (χ4v) is 3.96. The molecule has 0 spiro atoms. The Labute approximate surface area is 178 Å². The molecule has 1 aliphatic rings. The maximum absolute atomic E-state index is 13.6. The predicted octanol–water partition coefficient (Wildman–Crippen LogP) is 3.61. The van der Waals surface area contributed by atoms with Crippen molar-refractivity contribution in [2.45, 2.75) is 38.0 Å². The molecule has 0 unspecified atom stereocenters. The van der Waals surface area contributed by atoms with Gasteiger partial charge in [-0.2, -0.15) is 0 Å². The zero-order valence-corrected chi connectivity index (χ0v) is 16.9. The Bertz CT molecular complexity index is 1160. The average Bonchev–Trinajstić information content (AvgIpc) is 3.05. The maximum atomic E-state index is 13.6. The van der Waals surface area contributed by atoms with Gasteiger partial charge in [-0.15, -0.1) is 0 Å². The van der Waals surface area contributed by atoms with E-state index in [1.54, 1.807) is 29.7 Å². The van der Waals surface area contributed by atoms with Crippen molar-refractivity contribution in [3.63, 3.8) is 0 Å². The largest absolute Gasteiger partial charge is 0.392 e. The number of carbonyl (C=O) groups excluding carboxylic acids is 2. The van der Waals surface area contributed by atoms with Gasteiger partial charge in [0.1, 0.15) is 11.9 Å². The molecule has 4 rings (SSSR count). The van der Waals surface area contributed by atoms with Crippen LogP contribution >= 0.6 is 0 Å². The van der Waals surface area contributed by atoms with Crippen molar-refractivity contribution >= 4 is 28.9 Å². The molecule has 0 fully saturated rings. The molecule has 1 aromatic heterocycles. The van der Waals surface area contributed by atoms with Gasteiger partial charge in [-0.1, -0.05) is 36.4 Å². The van der Waals surface area contributed by atoms with Crippen LogP contribution in [0.3, 0.4) is 0 Å². The lowest BCUT2D eigenvalue weighted by Gasteiger charge is -2.19. The first-order valence-corrected chi connectivity index (χ1v) is 10.0. The molecule has 0 saturated carbocycles. The topological polar surface area (TPSA) is 88.8 Å². The van der Waals surface area contributed by atoms with Crippen LogP contribution < -0.4 is 0 Å². The SMILES string of the molecule is C[C@H]1C(=O)OC(=O)C[C@@H](O)C[C@@H](O)/C=C/c2c(-c3ccc(F)cc3)c3ccccc3n21. The molecule has 160 valence electrons. The van der Waals surface area contributed by atoms with Gasteiger partial charge < -0.3 is 19.5 Å². The summed E-state index contributed by atoms with van der Waals surface area (Å²) in [5.74, 6) is -1.97. The normalized spacial score (nSPS) is 23.5. The van der Waals surface area contributed by atoms with E-state index in [4.69, 9.17) is 4.74 Å². The zero-order chi connectivity index (χ0) is 22.1. The second-order valence-corrected chi connectivity index (χ2v) is 7.64. The number of ether oxygens (including phenoxy) is 1. The lowest BCUT2D eigenvalue weighted by Crippen LogP contribution is -2.27. The summed E-state index contributed by atoms with van der Waals surface area (Å²) >= 11 is 0. The molecule has 31 heavy (non-hydrogen) atoms. The first kappa shape index (κ1) is 21.0. The number of hydrogen-bond acceptors (Lipinski definition) is 5. The Morgan fingerprint density at radius 3 is 2.52 bits per heavy atom. The molecular formula is C24H22FNO5. The third-order valence-corrected chi connectivity index (χ3v) is 5.42. The molecule has 0 aliphatic carbocycles. The third-order valence-electron chi connectivity index (χ3n) is 5.42. The van der Waals surface area contributed by atoms with Crippen LogP contribution in [0, 0.1) is 5.82 Å². The Morgan fingerprint density at radius 1 is 1.06 bits per heavy atom. The zero-order valence-electron chi connectivity index (χ0n) is 16.9. The molecule has 6 nitrogen and oxygen atoms in total. The van der Waals surface area contributed by atoms with E-state index < -0.39 is 30.2 Å². The number of benzene rings is 2. The fourth-order valence-electron chi connectivity index (χ4n) is 3.96. The summed E-state index contributed by atoms with van der Waals surface area (Å²) in [5, 5.41) is 21.2. The highest BCUT2D eigenvalue weighted by Crippen LogP contribution is 2.38. The van der Waals surface area contributed by atoms with E-state index in [2.05, 4.69) is 0 Å². The van der Waals surface area contributed by atoms with Gasteiger partial charge >= 0.3 is 11.9 Å². The van der Waals surface area contributed by atoms with Crippen molar-refractivity contribution in [3.8, 4) is 11.1 Å². The number of nitrogens with zero attached hydrogens (tertiary/aromatic N) is 1. The van der Waals surface area contributed by atoms with Gasteiger partial charge in [0.15, 0.2) is 0 Å². The van der Waals surface area contributed by atoms with Crippen LogP contribution in [0.4, 0.5) is 4.39 Å². The molecule has 2 N–H and O–H groups in total. The maximum Gasteiger partial charge on any atom is 0.336 e. The number of cyclic esters (lactones) is 2. The van der Waals surface area contributed by atoms with E-state index in [-0.39, 0.29) is 18.7 Å². The number of fused-ring (bicyclic) bond motifs is 3. The quantitative estimate of drug-likeness (QED) is 0.461. The molecule has 0 amide bonds. The summed E-state index contributed by atoms with van der Waals surface area (Å²) in [6, 6.07) is 12.6. The Morgan fingerprint density at radius 2 is 1.77 bits per heavy atom. The van der Waals surface area contributed by atoms with Gasteiger partial charge in [-0.25, -0.2) is 9.18 Å². The second-order valence-electron chi connectivity index (χ2n) is 7.64. The van der Waals surface area contributed by atoms with Crippen LogP contribution in [0.1, 0.15) is 31.5 Å². The third kappa shape index (κ3) is 4.15. The van der Waals surface area contributed by atoms with E-state index >= 15 is 0 Å². The fraction of sp³-hybridized carbons (Fsp3) is 0.250. The first-order valence-electron chi connectivity index (χ1n) is 10.0. The number of aliphatic hydroxyl groups is 2. The summed E-state index contributed by atoms with van der Waals surface area (Å²) in [4.78, 5) is 24.8. The monoisotopic (exact) mass is 423 g/mol. The second kappa shape index (κ2) is 8.45. The summed E-state index contributed by atoms with van der Waals surface area (Å²) in [6.45, 7) is 1.62. The molecule has 7 heteroatoms. The Kier molecular flexibility index (Phi) is 5.71. The molecule has 3 atom stereocenters. The van der Waals surface area contributed by atoms with Crippen LogP contribution in [0.25, 0.3) is 28.1 Å². The number of hydrogen-bond donors (Lipinski definition) is 2. The molecule has 0 bridgehead atoms. The highest BCUT2D eigenvalue weighted by molar-refractivity contribution is 6.02. The van der Waals surface area contributed by atoms with Crippen LogP contribution in [-0.2, 0) is 14.3 Å². The van der Waals surface area contributed by atoms with E-state index in [9.17, 15) is 24.2 Å². The Balaban J connectivity index is 1.99. The number of aliphatic hydroxyl groups excluding tert-OH is 2. The average molecular weight is 423 g/mol. The summed E-state index contributed by atoms with van der Waals surface area (Å²) in [7, 11) is 0. The summed E-state index contributed by atoms with van der Waals surface area (Å²) < 4.78 is 20.3. The van der Waals surface area contributed by atoms with E-state index in [0.29, 0.717) is 5.69 Å². The van der Waals surface area contributed by atoms with Crippen molar-refractivity contribution in [2.75, 3.05) is 0 Å². The van der Waals surface area contributed by atoms with Gasteiger partial charge in [0.05, 0.1) is 24.3 Å². The van der Waals surface area contributed by atoms with Crippen molar-refractivity contribution in [2.24, 2.45) is 0 Å². The van der Waals surface area contributed by atoms with E-state index in [1.165, 1.54) is 18.2 Å². The highest BCUT2D eigenvalue weighted by Gasteiger charge is 2.28. The van der Waals surface area contributed by atoms with Gasteiger partial charge in [0.25, 0.3) is 0 Å². The van der Waals surface area contributed by atoms with Gasteiger partial charge in [-0.05, 0) is 36.8 Å². The van der Waals surface area contributed by atoms with E-state index in [1.807, 2.05) is 24.3 Å². The number of esters is 2. The van der Waals surface area contributed by atoms with Crippen LogP contribution in [0.5, 0.6) is 0 Å². The van der Waals surface area contributed by atoms with Crippen LogP contribution in [-0.4, -0.2) is 38.9 Å². The minimum Gasteiger partial charge on any atom is -0.392 e. The highest BCUT2D eigenvalue weighted by atomic mass is 19.1. The number of carbonyl (C=O) groups is 2. The minimum atomic E-state index is -1.14. The Hall–Kier alpha value is -3.29. The molecule has 2 aromatic carbocycles. The minimum absolute atomic E-state index is 0.0819. The van der Waals surface area contributed by atoms with Crippen molar-refractivity contribution in [3.05, 3.63) is 66.1 Å². The molecule has 0 radical (unpaired) electrons. The van der Waals surface area contributed by atoms with Gasteiger partial charge in [0, 0.05) is 22.9 Å². The van der Waals surface area contributed by atoms with Crippen molar-refractivity contribution in [1.82, 2.24) is 4.57 Å². The molecule has 3 aromatic rings. The number of aromatic nitrogens is 1. The standard InChI is InChI=1S/C24H22FNO5/c1-14-24(30)31-22(29)13-18(28)12-17(27)10-11-21-23(15-6-8-16(25)9-7-15)19-4-2-3-5-20(19)26(14)21/h2-11,14,17-18,27-28H,12-13H2,1H3/b11-10+/t14-,17-,18-/m0/s1. The smallest absolute Gasteiger partial charge is 0.336 e. The summed E-state index contributed by atoms with van der Waals surface area (Å²) in [5.41, 5.74) is 2.81. The molecule has 2 heterocycles. The van der Waals surface area contributed by atoms with Gasteiger partial charge in [0.2, 0.25) is 0 Å². The van der Waals surface area contributed by atoms with E-state index in [0.717, 1.165) is 22.0 Å². The summed E-state index contributed by atoms with van der Waals surface area (Å²) in [6.07, 6.45) is 0.581. The number of rotatable bonds is 1. The predicted molar refractivity (Wildman–Crippen MR) is 113 cm³/mol. The van der Waals surface area contributed by atoms with Gasteiger partial charge in [-0.3, -0.25) is 4.79 Å². The lowest BCUT2D eigenvalue weighted by molar-refractivity contribution is -0.163. The van der Waals surface area contributed by atoms with Crippen molar-refractivity contribution in [1.29, 1.82) is 0 Å². The van der Waals surface area contributed by atoms with Crippen LogP contribution in [0.2, 0.25) is 0 Å².